The molecule has 0 spiro atoms. The van der Waals surface area contributed by atoms with Crippen molar-refractivity contribution in [1.82, 2.24) is 20.4 Å². The third kappa shape index (κ3) is 37.6. The lowest BCUT2D eigenvalue weighted by Crippen LogP contribution is -2.62. The minimum atomic E-state index is -0.0307. The van der Waals surface area contributed by atoms with Crippen molar-refractivity contribution in [3.8, 4) is 0 Å². The first-order chi connectivity index (χ1) is 35.5. The van der Waals surface area contributed by atoms with Gasteiger partial charge in [-0.2, -0.15) is 0 Å². The zero-order valence-corrected chi connectivity index (χ0v) is 51.6. The molecule has 0 amide bonds. The summed E-state index contributed by atoms with van der Waals surface area (Å²) in [6.07, 6.45) is 53.1. The molecular weight excluding hydrogens is 913 g/mol. The molecule has 8 nitrogen and oxygen atoms in total. The number of hydrogen-bond acceptors (Lipinski definition) is 8. The Morgan fingerprint density at radius 2 is 0.554 bits per heavy atom. The maximum atomic E-state index is 13.1. The molecule has 0 bridgehead atoms. The third-order valence-corrected chi connectivity index (χ3v) is 16.7. The molecule has 2 fully saturated rings. The van der Waals surface area contributed by atoms with Crippen LogP contribution in [0, 0.1) is 0 Å². The van der Waals surface area contributed by atoms with Crippen molar-refractivity contribution in [3.05, 3.63) is 0 Å². The van der Waals surface area contributed by atoms with Gasteiger partial charge in [0.2, 0.25) is 0 Å². The zero-order chi connectivity index (χ0) is 54.2. The minimum absolute atomic E-state index is 0.0307. The van der Waals surface area contributed by atoms with Crippen LogP contribution in [-0.4, -0.2) is 95.4 Å². The van der Waals surface area contributed by atoms with E-state index in [0.29, 0.717) is 38.1 Å². The fourth-order valence-corrected chi connectivity index (χ4v) is 13.3. The van der Waals surface area contributed by atoms with E-state index in [0.717, 1.165) is 90.4 Å². The Labute approximate surface area is 462 Å². The van der Waals surface area contributed by atoms with Gasteiger partial charge in [0, 0.05) is 47.3 Å². The lowest BCUT2D eigenvalue weighted by atomic mass is 9.79. The van der Waals surface area contributed by atoms with Crippen molar-refractivity contribution >= 4 is 11.9 Å². The standard InChI is InChI=1S/C66H130N4O4/c1-11-13-15-17-19-21-23-25-27-29-31-33-35-37-41-45-53-73-61(71)47-51-69(59-55-63(3,4)67-64(5,6)56-59)49-43-39-40-44-50-70(60-57-65(7,8)68-66(9,10)58-60)52-48-62(72)74-54-46-42-38-36-34-32-30-28-26-24-22-20-18-16-14-12-2/h59-60,67-68H,11-58H2,1-10H3. The van der Waals surface area contributed by atoms with Crippen LogP contribution in [0.3, 0.4) is 0 Å². The molecule has 0 aromatic rings. The molecule has 0 aliphatic carbocycles. The van der Waals surface area contributed by atoms with Crippen LogP contribution in [0.1, 0.15) is 339 Å². The highest BCUT2D eigenvalue weighted by molar-refractivity contribution is 5.69. The Balaban J connectivity index is 1.71. The van der Waals surface area contributed by atoms with Crippen LogP contribution in [0.2, 0.25) is 0 Å². The number of esters is 2. The number of rotatable bonds is 49. The zero-order valence-electron chi connectivity index (χ0n) is 51.6. The first kappa shape index (κ1) is 68.9. The number of hydrogen-bond donors (Lipinski definition) is 2. The van der Waals surface area contributed by atoms with Crippen LogP contribution in [0.15, 0.2) is 0 Å². The normalized spacial score (nSPS) is 17.6. The van der Waals surface area contributed by atoms with Crippen molar-refractivity contribution in [3.63, 3.8) is 0 Å². The third-order valence-electron chi connectivity index (χ3n) is 16.7. The quantitative estimate of drug-likeness (QED) is 0.0461. The summed E-state index contributed by atoms with van der Waals surface area (Å²) in [4.78, 5) is 31.5. The molecule has 0 unspecified atom stereocenters. The van der Waals surface area contributed by atoms with Gasteiger partial charge in [-0.3, -0.25) is 19.4 Å². The predicted octanol–water partition coefficient (Wildman–Crippen LogP) is 18.2. The Morgan fingerprint density at radius 1 is 0.338 bits per heavy atom. The van der Waals surface area contributed by atoms with Crippen LogP contribution in [0.5, 0.6) is 0 Å². The summed E-state index contributed by atoms with van der Waals surface area (Å²) >= 11 is 0. The average molecular weight is 1040 g/mol. The SMILES string of the molecule is CCCCCCCCCCCCCCCCCCOC(=O)CCN(CCCCCCN(CCC(=O)OCCCCCCCCCCCCCCCCCC)C1CC(C)(C)NC(C)(C)C1)C1CC(C)(C)NC(C)(C)C1. The summed E-state index contributed by atoms with van der Waals surface area (Å²) in [5.74, 6) is -0.0613. The molecule has 2 rings (SSSR count). The molecule has 74 heavy (non-hydrogen) atoms. The van der Waals surface area contributed by atoms with E-state index in [2.05, 4.69) is 89.7 Å². The Morgan fingerprint density at radius 3 is 0.797 bits per heavy atom. The average Bonchev–Trinajstić information content (AvgIpc) is 3.31. The van der Waals surface area contributed by atoms with Gasteiger partial charge in [0.05, 0.1) is 26.1 Å². The largest absolute Gasteiger partial charge is 0.466 e. The number of piperidine rings is 2. The number of unbranched alkanes of at least 4 members (excludes halogenated alkanes) is 33. The summed E-state index contributed by atoms with van der Waals surface area (Å²) < 4.78 is 11.6. The highest BCUT2D eigenvalue weighted by atomic mass is 16.5. The molecule has 2 aliphatic rings. The summed E-state index contributed by atoms with van der Waals surface area (Å²) in [6, 6.07) is 0.889. The fraction of sp³-hybridized carbons (Fsp3) is 0.970. The molecule has 2 saturated heterocycles. The smallest absolute Gasteiger partial charge is 0.307 e. The minimum Gasteiger partial charge on any atom is -0.466 e. The first-order valence-electron chi connectivity index (χ1n) is 32.8. The van der Waals surface area contributed by atoms with Crippen molar-refractivity contribution < 1.29 is 19.1 Å². The van der Waals surface area contributed by atoms with Gasteiger partial charge < -0.3 is 20.1 Å². The van der Waals surface area contributed by atoms with Gasteiger partial charge in [0.15, 0.2) is 0 Å². The van der Waals surface area contributed by atoms with Crippen LogP contribution in [-0.2, 0) is 19.1 Å². The fourth-order valence-electron chi connectivity index (χ4n) is 13.3. The first-order valence-corrected chi connectivity index (χ1v) is 32.8. The molecular formula is C66H130N4O4. The van der Waals surface area contributed by atoms with Gasteiger partial charge in [0.25, 0.3) is 0 Å². The van der Waals surface area contributed by atoms with Crippen LogP contribution in [0.25, 0.3) is 0 Å². The van der Waals surface area contributed by atoms with Crippen LogP contribution >= 0.6 is 0 Å². The monoisotopic (exact) mass is 1040 g/mol. The predicted molar refractivity (Wildman–Crippen MR) is 320 cm³/mol. The number of carbonyl (C=O) groups is 2. The maximum Gasteiger partial charge on any atom is 0.307 e. The molecule has 438 valence electrons. The number of ether oxygens (including phenoxy) is 2. The molecule has 0 aromatic heterocycles. The number of nitrogens with zero attached hydrogens (tertiary/aromatic N) is 2. The summed E-state index contributed by atoms with van der Waals surface area (Å²) in [5, 5.41) is 7.76. The molecule has 0 aromatic carbocycles. The molecule has 2 N–H and O–H groups in total. The van der Waals surface area contributed by atoms with Crippen molar-refractivity contribution in [2.45, 2.75) is 373 Å². The van der Waals surface area contributed by atoms with Gasteiger partial charge in [0.1, 0.15) is 0 Å². The second-order valence-corrected chi connectivity index (χ2v) is 26.9. The topological polar surface area (TPSA) is 83.1 Å². The van der Waals surface area contributed by atoms with Gasteiger partial charge in [-0.05, 0) is 120 Å². The second-order valence-electron chi connectivity index (χ2n) is 26.9. The van der Waals surface area contributed by atoms with Gasteiger partial charge >= 0.3 is 11.9 Å². The maximum absolute atomic E-state index is 13.1. The van der Waals surface area contributed by atoms with Crippen LogP contribution in [0.4, 0.5) is 0 Å². The summed E-state index contributed by atoms with van der Waals surface area (Å²) in [5.41, 5.74) is 0.213. The van der Waals surface area contributed by atoms with E-state index in [4.69, 9.17) is 9.47 Å². The molecule has 2 aliphatic heterocycles. The van der Waals surface area contributed by atoms with E-state index in [-0.39, 0.29) is 34.1 Å². The Hall–Kier alpha value is -1.22. The lowest BCUT2D eigenvalue weighted by molar-refractivity contribution is -0.145. The van der Waals surface area contributed by atoms with E-state index in [1.54, 1.807) is 0 Å². The van der Waals surface area contributed by atoms with Gasteiger partial charge in [-0.25, -0.2) is 0 Å². The van der Waals surface area contributed by atoms with Crippen molar-refractivity contribution in [2.24, 2.45) is 0 Å². The number of nitrogens with one attached hydrogen (secondary N) is 2. The molecule has 0 saturated carbocycles. The van der Waals surface area contributed by atoms with E-state index in [1.165, 1.54) is 193 Å². The van der Waals surface area contributed by atoms with E-state index in [9.17, 15) is 9.59 Å². The second kappa shape index (κ2) is 41.8. The highest BCUT2D eigenvalue weighted by Gasteiger charge is 2.41. The highest BCUT2D eigenvalue weighted by Crippen LogP contribution is 2.34. The van der Waals surface area contributed by atoms with Gasteiger partial charge in [-0.15, -0.1) is 0 Å². The molecule has 0 atom stereocenters. The van der Waals surface area contributed by atoms with E-state index >= 15 is 0 Å². The van der Waals surface area contributed by atoms with E-state index in [1.807, 2.05) is 0 Å². The van der Waals surface area contributed by atoms with Crippen molar-refractivity contribution in [2.75, 3.05) is 39.4 Å². The van der Waals surface area contributed by atoms with E-state index < -0.39 is 0 Å². The summed E-state index contributed by atoms with van der Waals surface area (Å²) in [6.45, 7) is 28.0. The summed E-state index contributed by atoms with van der Waals surface area (Å²) in [7, 11) is 0. The van der Waals surface area contributed by atoms with Crippen molar-refractivity contribution in [1.29, 1.82) is 0 Å². The Bertz CT molecular complexity index is 1220. The lowest BCUT2D eigenvalue weighted by Gasteiger charge is -2.50. The number of carbonyl (C=O) groups excluding carboxylic acids is 2. The molecule has 2 heterocycles. The molecule has 0 radical (unpaired) electrons. The van der Waals surface area contributed by atoms with Crippen LogP contribution < -0.4 is 10.6 Å². The Kier molecular flexibility index (Phi) is 38.9. The molecule has 8 heteroatoms. The van der Waals surface area contributed by atoms with Gasteiger partial charge in [-0.1, -0.05) is 219 Å².